The number of anilines is 1. The molecule has 23 heavy (non-hydrogen) atoms. The molecule has 0 spiro atoms. The molecular weight excluding hydrogens is 294 g/mol. The Hall–Kier alpha value is -2.76. The number of rotatable bonds is 3. The molecule has 120 valence electrons. The van der Waals surface area contributed by atoms with Crippen LogP contribution in [0.25, 0.3) is 0 Å². The van der Waals surface area contributed by atoms with Crippen LogP contribution >= 0.6 is 0 Å². The van der Waals surface area contributed by atoms with Crippen LogP contribution in [0.1, 0.15) is 10.4 Å². The number of para-hydroxylation sites is 2. The van der Waals surface area contributed by atoms with E-state index in [1.54, 1.807) is 35.4 Å². The number of hydrogen-bond donors (Lipinski definition) is 1. The van der Waals surface area contributed by atoms with E-state index in [4.69, 9.17) is 4.74 Å². The number of nitrogens with zero attached hydrogens (tertiary/aromatic N) is 3. The van der Waals surface area contributed by atoms with Crippen molar-refractivity contribution in [3.8, 4) is 11.6 Å². The SMILES string of the molecule is COc1ncccc1C(=O)N1CCN(c2ccccc2O)CC1. The molecule has 0 radical (unpaired) electrons. The van der Waals surface area contributed by atoms with Crippen molar-refractivity contribution < 1.29 is 14.6 Å². The van der Waals surface area contributed by atoms with Crippen LogP contribution in [0.3, 0.4) is 0 Å². The summed E-state index contributed by atoms with van der Waals surface area (Å²) in [5.41, 5.74) is 1.28. The van der Waals surface area contributed by atoms with Gasteiger partial charge in [0.2, 0.25) is 5.88 Å². The number of phenolic OH excluding ortho intramolecular Hbond substituents is 1. The average Bonchev–Trinajstić information content (AvgIpc) is 2.61. The monoisotopic (exact) mass is 313 g/mol. The maximum absolute atomic E-state index is 12.6. The number of hydrogen-bond acceptors (Lipinski definition) is 5. The minimum atomic E-state index is -0.0770. The highest BCUT2D eigenvalue weighted by atomic mass is 16.5. The summed E-state index contributed by atoms with van der Waals surface area (Å²) in [5, 5.41) is 9.94. The molecule has 1 saturated heterocycles. The van der Waals surface area contributed by atoms with Crippen LogP contribution in [-0.2, 0) is 0 Å². The molecule has 1 fully saturated rings. The van der Waals surface area contributed by atoms with E-state index in [-0.39, 0.29) is 11.7 Å². The Labute approximate surface area is 134 Å². The zero-order chi connectivity index (χ0) is 16.2. The van der Waals surface area contributed by atoms with Gasteiger partial charge in [-0.15, -0.1) is 0 Å². The third-order valence-corrected chi connectivity index (χ3v) is 3.98. The molecule has 1 N–H and O–H groups in total. The first-order chi connectivity index (χ1) is 11.2. The van der Waals surface area contributed by atoms with E-state index in [0.29, 0.717) is 37.6 Å². The molecule has 1 aliphatic heterocycles. The lowest BCUT2D eigenvalue weighted by molar-refractivity contribution is 0.0742. The van der Waals surface area contributed by atoms with Gasteiger partial charge in [0, 0.05) is 32.4 Å². The summed E-state index contributed by atoms with van der Waals surface area (Å²) in [4.78, 5) is 20.6. The summed E-state index contributed by atoms with van der Waals surface area (Å²) in [6, 6.07) is 10.7. The fraction of sp³-hybridized carbons (Fsp3) is 0.294. The van der Waals surface area contributed by atoms with Gasteiger partial charge in [-0.2, -0.15) is 0 Å². The molecule has 6 heteroatoms. The van der Waals surface area contributed by atoms with Crippen LogP contribution in [0.4, 0.5) is 5.69 Å². The maximum atomic E-state index is 12.6. The number of piperazine rings is 1. The Kier molecular flexibility index (Phi) is 4.32. The second-order valence-electron chi connectivity index (χ2n) is 5.33. The molecule has 1 aromatic heterocycles. The minimum absolute atomic E-state index is 0.0770. The molecule has 0 saturated carbocycles. The van der Waals surface area contributed by atoms with Gasteiger partial charge >= 0.3 is 0 Å². The van der Waals surface area contributed by atoms with Crippen molar-refractivity contribution in [1.29, 1.82) is 0 Å². The number of carbonyl (C=O) groups excluding carboxylic acids is 1. The summed E-state index contributed by atoms with van der Waals surface area (Å²) < 4.78 is 5.16. The number of aromatic nitrogens is 1. The van der Waals surface area contributed by atoms with Crippen molar-refractivity contribution in [2.24, 2.45) is 0 Å². The Morgan fingerprint density at radius 3 is 2.57 bits per heavy atom. The Bertz CT molecular complexity index is 697. The van der Waals surface area contributed by atoms with Gasteiger partial charge in [-0.05, 0) is 24.3 Å². The van der Waals surface area contributed by atoms with Crippen LogP contribution in [0.5, 0.6) is 11.6 Å². The summed E-state index contributed by atoms with van der Waals surface area (Å²) >= 11 is 0. The van der Waals surface area contributed by atoms with Crippen molar-refractivity contribution in [1.82, 2.24) is 9.88 Å². The first-order valence-corrected chi connectivity index (χ1v) is 7.52. The van der Waals surface area contributed by atoms with Gasteiger partial charge in [0.25, 0.3) is 5.91 Å². The third-order valence-electron chi connectivity index (χ3n) is 3.98. The number of methoxy groups -OCH3 is 1. The van der Waals surface area contributed by atoms with Crippen molar-refractivity contribution in [2.45, 2.75) is 0 Å². The van der Waals surface area contributed by atoms with E-state index >= 15 is 0 Å². The van der Waals surface area contributed by atoms with Crippen LogP contribution < -0.4 is 9.64 Å². The standard InChI is InChI=1S/C17H19N3O3/c1-23-16-13(5-4-8-18-16)17(22)20-11-9-19(10-12-20)14-6-2-3-7-15(14)21/h2-8,21H,9-12H2,1H3. The number of aromatic hydroxyl groups is 1. The number of phenols is 1. The molecule has 1 aliphatic rings. The number of ether oxygens (including phenoxy) is 1. The van der Waals surface area contributed by atoms with Gasteiger partial charge < -0.3 is 19.6 Å². The Morgan fingerprint density at radius 2 is 1.87 bits per heavy atom. The molecule has 1 amide bonds. The smallest absolute Gasteiger partial charge is 0.259 e. The zero-order valence-corrected chi connectivity index (χ0v) is 13.0. The van der Waals surface area contributed by atoms with Gasteiger partial charge in [0.05, 0.1) is 12.8 Å². The molecule has 0 aliphatic carbocycles. The molecule has 3 rings (SSSR count). The first-order valence-electron chi connectivity index (χ1n) is 7.52. The number of amides is 1. The number of benzene rings is 1. The summed E-state index contributed by atoms with van der Waals surface area (Å²) in [5.74, 6) is 0.536. The Balaban J connectivity index is 1.69. The fourth-order valence-corrected chi connectivity index (χ4v) is 2.77. The van der Waals surface area contributed by atoms with E-state index in [0.717, 1.165) is 5.69 Å². The van der Waals surface area contributed by atoms with Crippen LogP contribution in [0.2, 0.25) is 0 Å². The molecular formula is C17H19N3O3. The summed E-state index contributed by atoms with van der Waals surface area (Å²) in [6.07, 6.45) is 1.60. The predicted octanol–water partition coefficient (Wildman–Crippen LogP) is 1.76. The van der Waals surface area contributed by atoms with Gasteiger partial charge in [0.15, 0.2) is 0 Å². The molecule has 6 nitrogen and oxygen atoms in total. The molecule has 0 unspecified atom stereocenters. The first kappa shape index (κ1) is 15.1. The highest BCUT2D eigenvalue weighted by molar-refractivity contribution is 5.96. The highest BCUT2D eigenvalue weighted by Crippen LogP contribution is 2.27. The normalized spacial score (nSPS) is 14.7. The molecule has 0 atom stereocenters. The molecule has 1 aromatic carbocycles. The van der Waals surface area contributed by atoms with Crippen molar-refractivity contribution >= 4 is 11.6 Å². The summed E-state index contributed by atoms with van der Waals surface area (Å²) in [7, 11) is 1.51. The number of pyridine rings is 1. The summed E-state index contributed by atoms with van der Waals surface area (Å²) in [6.45, 7) is 2.52. The second-order valence-corrected chi connectivity index (χ2v) is 5.33. The lowest BCUT2D eigenvalue weighted by Crippen LogP contribution is -2.48. The van der Waals surface area contributed by atoms with E-state index < -0.39 is 0 Å². The molecule has 2 aromatic rings. The van der Waals surface area contributed by atoms with Crippen molar-refractivity contribution in [3.63, 3.8) is 0 Å². The molecule has 0 bridgehead atoms. The lowest BCUT2D eigenvalue weighted by atomic mass is 10.2. The van der Waals surface area contributed by atoms with Crippen LogP contribution in [-0.4, -0.2) is 54.2 Å². The zero-order valence-electron chi connectivity index (χ0n) is 13.0. The highest BCUT2D eigenvalue weighted by Gasteiger charge is 2.25. The number of carbonyl (C=O) groups is 1. The fourth-order valence-electron chi connectivity index (χ4n) is 2.77. The van der Waals surface area contributed by atoms with Gasteiger partial charge in [0.1, 0.15) is 11.3 Å². The lowest BCUT2D eigenvalue weighted by Gasteiger charge is -2.36. The largest absolute Gasteiger partial charge is 0.506 e. The topological polar surface area (TPSA) is 65.9 Å². The van der Waals surface area contributed by atoms with E-state index in [2.05, 4.69) is 9.88 Å². The van der Waals surface area contributed by atoms with E-state index in [1.807, 2.05) is 12.1 Å². The average molecular weight is 313 g/mol. The maximum Gasteiger partial charge on any atom is 0.259 e. The van der Waals surface area contributed by atoms with Crippen LogP contribution in [0, 0.1) is 0 Å². The van der Waals surface area contributed by atoms with Crippen molar-refractivity contribution in [2.75, 3.05) is 38.2 Å². The van der Waals surface area contributed by atoms with Crippen molar-refractivity contribution in [3.05, 3.63) is 48.2 Å². The quantitative estimate of drug-likeness (QED) is 0.935. The van der Waals surface area contributed by atoms with Crippen LogP contribution in [0.15, 0.2) is 42.6 Å². The predicted molar refractivity (Wildman–Crippen MR) is 87.0 cm³/mol. The van der Waals surface area contributed by atoms with E-state index in [1.165, 1.54) is 7.11 Å². The molecule has 2 heterocycles. The van der Waals surface area contributed by atoms with Gasteiger partial charge in [-0.3, -0.25) is 4.79 Å². The van der Waals surface area contributed by atoms with E-state index in [9.17, 15) is 9.90 Å². The van der Waals surface area contributed by atoms with Gasteiger partial charge in [-0.1, -0.05) is 12.1 Å². The second kappa shape index (κ2) is 6.56. The third kappa shape index (κ3) is 3.06. The van der Waals surface area contributed by atoms with Gasteiger partial charge in [-0.25, -0.2) is 4.98 Å². The minimum Gasteiger partial charge on any atom is -0.506 e. The Morgan fingerprint density at radius 1 is 1.13 bits per heavy atom.